The van der Waals surface area contributed by atoms with Crippen molar-refractivity contribution >= 4 is 28.8 Å². The van der Waals surface area contributed by atoms with Gasteiger partial charge < -0.3 is 30.7 Å². The normalized spacial score (nSPS) is 38.6. The summed E-state index contributed by atoms with van der Waals surface area (Å²) in [7, 11) is 0. The molecule has 0 radical (unpaired) electrons. The maximum absolute atomic E-state index is 13.8. The summed E-state index contributed by atoms with van der Waals surface area (Å²) in [5.41, 5.74) is 6.26. The first-order chi connectivity index (χ1) is 21.0. The molecule has 0 spiro atoms. The third kappa shape index (κ3) is 4.10. The highest BCUT2D eigenvalue weighted by Crippen LogP contribution is 2.70. The van der Waals surface area contributed by atoms with E-state index in [0.29, 0.717) is 35.3 Å². The lowest BCUT2D eigenvalue weighted by Crippen LogP contribution is -2.63. The summed E-state index contributed by atoms with van der Waals surface area (Å²) in [6.45, 7) is 3.39. The van der Waals surface area contributed by atoms with E-state index in [2.05, 4.69) is 12.2 Å². The van der Waals surface area contributed by atoms with Crippen LogP contribution in [0.2, 0.25) is 0 Å². The molecular formula is C35H38N2O7. The molecule has 0 aromatic heterocycles. The van der Waals surface area contributed by atoms with Crippen molar-refractivity contribution in [3.05, 3.63) is 83.5 Å². The van der Waals surface area contributed by atoms with Gasteiger partial charge in [-0.3, -0.25) is 14.4 Å². The number of fused-ring (bicyclic) bond motifs is 7. The number of anilines is 2. The molecule has 5 aliphatic rings. The van der Waals surface area contributed by atoms with E-state index in [1.54, 1.807) is 60.7 Å². The average Bonchev–Trinajstić information content (AvgIpc) is 3.50. The van der Waals surface area contributed by atoms with Crippen molar-refractivity contribution in [2.45, 2.75) is 63.6 Å². The van der Waals surface area contributed by atoms with Gasteiger partial charge in [-0.15, -0.1) is 0 Å². The van der Waals surface area contributed by atoms with E-state index >= 15 is 0 Å². The maximum atomic E-state index is 13.8. The number of aliphatic hydroxyl groups is 2. The molecule has 4 aliphatic carbocycles. The molecule has 1 amide bonds. The number of aliphatic hydroxyl groups excluding tert-OH is 2. The molecule has 1 saturated heterocycles. The zero-order valence-corrected chi connectivity index (χ0v) is 24.9. The summed E-state index contributed by atoms with van der Waals surface area (Å²) in [6, 6.07) is 13.8. The highest BCUT2D eigenvalue weighted by molar-refractivity contribution is 6.04. The second-order valence-electron chi connectivity index (χ2n) is 13.5. The third-order valence-corrected chi connectivity index (χ3v) is 11.4. The van der Waals surface area contributed by atoms with Crippen LogP contribution in [0.1, 0.15) is 61.7 Å². The van der Waals surface area contributed by atoms with Gasteiger partial charge >= 0.3 is 0 Å². The van der Waals surface area contributed by atoms with Crippen LogP contribution in [0.15, 0.2) is 72.3 Å². The molecule has 9 nitrogen and oxygen atoms in total. The minimum atomic E-state index is -1.46. The van der Waals surface area contributed by atoms with Crippen molar-refractivity contribution in [1.29, 1.82) is 0 Å². The quantitative estimate of drug-likeness (QED) is 0.376. The predicted molar refractivity (Wildman–Crippen MR) is 162 cm³/mol. The van der Waals surface area contributed by atoms with Crippen LogP contribution in [0, 0.1) is 28.6 Å². The Hall–Kier alpha value is -3.63. The molecule has 1 heterocycles. The van der Waals surface area contributed by atoms with Gasteiger partial charge in [0.2, 0.25) is 0 Å². The first kappa shape index (κ1) is 29.1. The van der Waals surface area contributed by atoms with Crippen LogP contribution in [0.25, 0.3) is 0 Å². The van der Waals surface area contributed by atoms with Gasteiger partial charge in [0, 0.05) is 39.2 Å². The van der Waals surface area contributed by atoms with Crippen molar-refractivity contribution in [2.75, 3.05) is 17.7 Å². The average molecular weight is 599 g/mol. The highest BCUT2D eigenvalue weighted by atomic mass is 16.7. The summed E-state index contributed by atoms with van der Waals surface area (Å²) in [5, 5.41) is 24.9. The van der Waals surface area contributed by atoms with Crippen molar-refractivity contribution < 1.29 is 34.1 Å². The first-order valence-corrected chi connectivity index (χ1v) is 15.4. The second kappa shape index (κ2) is 10.2. The maximum Gasteiger partial charge on any atom is 0.255 e. The topological polar surface area (TPSA) is 148 Å². The number of nitrogens with two attached hydrogens (primary N) is 1. The van der Waals surface area contributed by atoms with Gasteiger partial charge in [0.05, 0.1) is 12.2 Å². The summed E-state index contributed by atoms with van der Waals surface area (Å²) in [4.78, 5) is 39.0. The number of amides is 1. The minimum Gasteiger partial charge on any atom is -0.399 e. The fourth-order valence-electron chi connectivity index (χ4n) is 9.48. The molecule has 230 valence electrons. The van der Waals surface area contributed by atoms with Gasteiger partial charge in [-0.05, 0) is 80.0 Å². The van der Waals surface area contributed by atoms with Crippen LogP contribution in [-0.2, 0) is 19.1 Å². The predicted octanol–water partition coefficient (Wildman–Crippen LogP) is 4.12. The Morgan fingerprint density at radius 1 is 1.14 bits per heavy atom. The van der Waals surface area contributed by atoms with Crippen LogP contribution in [0.5, 0.6) is 0 Å². The second-order valence-corrected chi connectivity index (χ2v) is 13.5. The molecule has 2 aromatic carbocycles. The van der Waals surface area contributed by atoms with Gasteiger partial charge in [-0.25, -0.2) is 0 Å². The van der Waals surface area contributed by atoms with Gasteiger partial charge in [0.1, 0.15) is 6.61 Å². The van der Waals surface area contributed by atoms with Crippen LogP contribution in [0.3, 0.4) is 0 Å². The number of allylic oxidation sites excluding steroid dienone is 4. The van der Waals surface area contributed by atoms with Gasteiger partial charge in [0.25, 0.3) is 5.91 Å². The largest absolute Gasteiger partial charge is 0.399 e. The smallest absolute Gasteiger partial charge is 0.255 e. The summed E-state index contributed by atoms with van der Waals surface area (Å²) >= 11 is 0. The molecule has 3 saturated carbocycles. The molecule has 1 aliphatic heterocycles. The van der Waals surface area contributed by atoms with Crippen LogP contribution in [0.4, 0.5) is 11.4 Å². The van der Waals surface area contributed by atoms with Gasteiger partial charge in [-0.2, -0.15) is 0 Å². The van der Waals surface area contributed by atoms with Gasteiger partial charge in [0.15, 0.2) is 23.5 Å². The van der Waals surface area contributed by atoms with Gasteiger partial charge in [-0.1, -0.05) is 43.7 Å². The third-order valence-electron chi connectivity index (χ3n) is 11.4. The van der Waals surface area contributed by atoms with Crippen LogP contribution in [-0.4, -0.2) is 52.1 Å². The molecule has 0 unspecified atom stereocenters. The minimum absolute atomic E-state index is 0.00262. The SMILES string of the molecule is C[C@]12C=CC(=O)C=C1CC[C@@H]1[C@@H]2[C@@H](O)C[C@@]2(C)[C@H]1C[C@H]1O[C@@H](c3cccc(C(=O)Nc4cccc(N)c4)c3)O[C@]12C(=O)CO. The van der Waals surface area contributed by atoms with Crippen LogP contribution >= 0.6 is 0 Å². The molecule has 9 atom stereocenters. The zero-order chi connectivity index (χ0) is 31.0. The molecule has 7 rings (SSSR count). The Morgan fingerprint density at radius 3 is 2.70 bits per heavy atom. The Labute approximate surface area is 256 Å². The number of nitrogen functional groups attached to an aromatic ring is 1. The molecule has 44 heavy (non-hydrogen) atoms. The monoisotopic (exact) mass is 598 g/mol. The standard InChI is InChI=1S/C35H38N2O7/c1-33-12-11-24(39)14-21(33)9-10-25-26-16-29-35(28(41)18-38,34(26,2)17-27(40)30(25)33)44-32(43-29)20-6-3-5-19(13-20)31(42)37-23-8-4-7-22(36)15-23/h3-8,11-15,25-27,29-30,32,38,40H,9-10,16-18,36H2,1-2H3,(H,37,42)/t25-,26-,27-,29+,30+,32+,33-,34-,35+/m0/s1. The number of benzene rings is 2. The number of nitrogens with one attached hydrogen (secondary N) is 1. The Kier molecular flexibility index (Phi) is 6.75. The summed E-state index contributed by atoms with van der Waals surface area (Å²) < 4.78 is 13.2. The van der Waals surface area contributed by atoms with Crippen molar-refractivity contribution in [2.24, 2.45) is 28.6 Å². The molecule has 5 N–H and O–H groups in total. The Balaban J connectivity index is 1.19. The number of ketones is 2. The molecule has 9 heteroatoms. The number of rotatable bonds is 5. The van der Waals surface area contributed by atoms with E-state index in [-0.39, 0.29) is 29.4 Å². The van der Waals surface area contributed by atoms with E-state index < -0.39 is 47.3 Å². The lowest BCUT2D eigenvalue weighted by Gasteiger charge is -2.59. The van der Waals surface area contributed by atoms with E-state index in [4.69, 9.17) is 15.2 Å². The summed E-state index contributed by atoms with van der Waals surface area (Å²) in [6.07, 6.45) is 5.32. The number of Topliss-reactive ketones (excluding diaryl/α,β-unsaturated/α-hetero) is 1. The van der Waals surface area contributed by atoms with E-state index in [9.17, 15) is 24.6 Å². The fourth-order valence-corrected chi connectivity index (χ4v) is 9.48. The van der Waals surface area contributed by atoms with Crippen LogP contribution < -0.4 is 11.1 Å². The van der Waals surface area contributed by atoms with E-state index in [0.717, 1.165) is 18.4 Å². The molecular weight excluding hydrogens is 560 g/mol. The number of hydrogen-bond donors (Lipinski definition) is 4. The summed E-state index contributed by atoms with van der Waals surface area (Å²) in [5.74, 6) is -0.853. The fraction of sp³-hybridized carbons (Fsp3) is 0.457. The lowest BCUT2D eigenvalue weighted by molar-refractivity contribution is -0.201. The lowest BCUT2D eigenvalue weighted by atomic mass is 9.46. The van der Waals surface area contributed by atoms with E-state index in [1.807, 2.05) is 13.0 Å². The number of carbonyl (C=O) groups is 3. The number of carbonyl (C=O) groups excluding carboxylic acids is 3. The molecule has 4 fully saturated rings. The van der Waals surface area contributed by atoms with Crippen molar-refractivity contribution in [3.63, 3.8) is 0 Å². The molecule has 2 aromatic rings. The number of hydrogen-bond acceptors (Lipinski definition) is 8. The number of ether oxygens (including phenoxy) is 2. The van der Waals surface area contributed by atoms with E-state index in [1.165, 1.54) is 0 Å². The Morgan fingerprint density at radius 2 is 1.93 bits per heavy atom. The zero-order valence-electron chi connectivity index (χ0n) is 24.9. The molecule has 0 bridgehead atoms. The van der Waals surface area contributed by atoms with Crippen molar-refractivity contribution in [3.8, 4) is 0 Å². The highest BCUT2D eigenvalue weighted by Gasteiger charge is 2.75. The van der Waals surface area contributed by atoms with Crippen molar-refractivity contribution in [1.82, 2.24) is 0 Å². The Bertz CT molecular complexity index is 1620. The first-order valence-electron chi connectivity index (χ1n) is 15.4.